The van der Waals surface area contributed by atoms with Crippen molar-refractivity contribution in [3.63, 3.8) is 0 Å². The van der Waals surface area contributed by atoms with Gasteiger partial charge in [-0.05, 0) is 83.8 Å². The lowest BCUT2D eigenvalue weighted by atomic mass is 9.81. The Morgan fingerprint density at radius 2 is 1.83 bits per heavy atom. The van der Waals surface area contributed by atoms with Crippen molar-refractivity contribution in [1.29, 1.82) is 0 Å². The molecular formula is C28H26F3NO4. The molecule has 0 bridgehead atoms. The molecule has 0 amide bonds. The van der Waals surface area contributed by atoms with Crippen molar-refractivity contribution >= 4 is 11.7 Å². The van der Waals surface area contributed by atoms with Crippen molar-refractivity contribution < 1.29 is 32.9 Å². The van der Waals surface area contributed by atoms with Crippen molar-refractivity contribution in [2.45, 2.75) is 57.2 Å². The lowest BCUT2D eigenvalue weighted by Crippen LogP contribution is -2.21. The number of carbonyl (C=O) groups is 1. The number of carboxylic acids is 1. The average molecular weight is 498 g/mol. The zero-order valence-corrected chi connectivity index (χ0v) is 19.5. The van der Waals surface area contributed by atoms with Gasteiger partial charge in [0.2, 0.25) is 0 Å². The van der Waals surface area contributed by atoms with Crippen LogP contribution >= 0.6 is 0 Å². The second kappa shape index (κ2) is 9.50. The largest absolute Gasteiger partial charge is 0.489 e. The first-order valence-electron chi connectivity index (χ1n) is 11.9. The maximum absolute atomic E-state index is 12.9. The molecule has 3 aromatic carbocycles. The maximum atomic E-state index is 12.9. The van der Waals surface area contributed by atoms with Crippen molar-refractivity contribution in [3.05, 3.63) is 94.0 Å². The van der Waals surface area contributed by atoms with E-state index in [0.717, 1.165) is 53.6 Å². The van der Waals surface area contributed by atoms with E-state index < -0.39 is 23.9 Å². The smallest absolute Gasteiger partial charge is 0.416 e. The van der Waals surface area contributed by atoms with E-state index in [9.17, 15) is 28.2 Å². The summed E-state index contributed by atoms with van der Waals surface area (Å²) >= 11 is 0. The van der Waals surface area contributed by atoms with Gasteiger partial charge in [-0.25, -0.2) is 0 Å². The number of aliphatic hydroxyl groups is 1. The molecule has 2 atom stereocenters. The van der Waals surface area contributed by atoms with Gasteiger partial charge in [0.05, 0.1) is 12.0 Å². The lowest BCUT2D eigenvalue weighted by Gasteiger charge is -2.25. The highest BCUT2D eigenvalue weighted by atomic mass is 19.4. The highest BCUT2D eigenvalue weighted by Crippen LogP contribution is 2.40. The van der Waals surface area contributed by atoms with E-state index >= 15 is 0 Å². The fourth-order valence-electron chi connectivity index (χ4n) is 5.29. The number of nitrogens with zero attached hydrogens (tertiary/aromatic N) is 1. The molecule has 2 N–H and O–H groups in total. The number of fused-ring (bicyclic) bond motifs is 2. The summed E-state index contributed by atoms with van der Waals surface area (Å²) in [4.78, 5) is 12.9. The van der Waals surface area contributed by atoms with Crippen molar-refractivity contribution in [2.75, 3.05) is 4.90 Å². The number of ether oxygens (including phenoxy) is 1. The molecule has 36 heavy (non-hydrogen) atoms. The topological polar surface area (TPSA) is 70.0 Å². The van der Waals surface area contributed by atoms with E-state index in [1.807, 2.05) is 36.4 Å². The van der Waals surface area contributed by atoms with Gasteiger partial charge < -0.3 is 19.8 Å². The van der Waals surface area contributed by atoms with Crippen LogP contribution in [0, 0.1) is 0 Å². The number of hydrogen-bond acceptors (Lipinski definition) is 4. The molecule has 1 aliphatic heterocycles. The van der Waals surface area contributed by atoms with Crippen molar-refractivity contribution in [3.8, 4) is 5.75 Å². The fraction of sp³-hybridized carbons (Fsp3) is 0.321. The Labute approximate surface area is 206 Å². The minimum atomic E-state index is -4.41. The van der Waals surface area contributed by atoms with Crippen LogP contribution in [0.25, 0.3) is 0 Å². The van der Waals surface area contributed by atoms with Gasteiger partial charge in [-0.2, -0.15) is 13.2 Å². The molecule has 0 spiro atoms. The third-order valence-electron chi connectivity index (χ3n) is 7.11. The SMILES string of the molecule is O=C(O)CC1CCCc2cc(OCc3cccc4c3CN(c3ccc(C(F)(F)F)cc3)C4O)ccc21. The van der Waals surface area contributed by atoms with Crippen molar-refractivity contribution in [2.24, 2.45) is 0 Å². The lowest BCUT2D eigenvalue weighted by molar-refractivity contribution is -0.138. The number of aliphatic hydroxyl groups excluding tert-OH is 1. The van der Waals surface area contributed by atoms with Crippen LogP contribution in [0.15, 0.2) is 60.7 Å². The second-order valence-corrected chi connectivity index (χ2v) is 9.37. The molecule has 2 unspecified atom stereocenters. The van der Waals surface area contributed by atoms with Crippen LogP contribution in [0.1, 0.15) is 64.8 Å². The van der Waals surface area contributed by atoms with E-state index in [1.54, 1.807) is 4.90 Å². The van der Waals surface area contributed by atoms with Crippen LogP contribution in [0.3, 0.4) is 0 Å². The Morgan fingerprint density at radius 3 is 2.56 bits per heavy atom. The summed E-state index contributed by atoms with van der Waals surface area (Å²) in [5.74, 6) is -0.0746. The second-order valence-electron chi connectivity index (χ2n) is 9.37. The van der Waals surface area contributed by atoms with Gasteiger partial charge in [0.1, 0.15) is 12.4 Å². The molecule has 8 heteroatoms. The monoisotopic (exact) mass is 497 g/mol. The number of anilines is 1. The first-order valence-corrected chi connectivity index (χ1v) is 11.9. The van der Waals surface area contributed by atoms with Gasteiger partial charge in [-0.15, -0.1) is 0 Å². The molecule has 1 heterocycles. The third-order valence-corrected chi connectivity index (χ3v) is 7.11. The number of alkyl halides is 3. The number of aliphatic carboxylic acids is 1. The fourth-order valence-corrected chi connectivity index (χ4v) is 5.29. The summed E-state index contributed by atoms with van der Waals surface area (Å²) in [6.45, 7) is 0.622. The molecule has 188 valence electrons. The summed E-state index contributed by atoms with van der Waals surface area (Å²) < 4.78 is 44.9. The molecule has 1 aliphatic carbocycles. The zero-order valence-electron chi connectivity index (χ0n) is 19.5. The summed E-state index contributed by atoms with van der Waals surface area (Å²) in [6, 6.07) is 16.2. The highest BCUT2D eigenvalue weighted by molar-refractivity contribution is 5.68. The minimum Gasteiger partial charge on any atom is -0.489 e. The predicted molar refractivity (Wildman–Crippen MR) is 128 cm³/mol. The maximum Gasteiger partial charge on any atom is 0.416 e. The Balaban J connectivity index is 1.31. The van der Waals surface area contributed by atoms with Crippen LogP contribution in [0.5, 0.6) is 5.75 Å². The Kier molecular flexibility index (Phi) is 6.38. The molecule has 0 fully saturated rings. The van der Waals surface area contributed by atoms with E-state index in [4.69, 9.17) is 4.74 Å². The molecule has 2 aliphatic rings. The number of aryl methyl sites for hydroxylation is 1. The molecule has 0 saturated carbocycles. The first kappa shape index (κ1) is 24.2. The quantitative estimate of drug-likeness (QED) is 0.425. The van der Waals surface area contributed by atoms with Gasteiger partial charge >= 0.3 is 12.1 Å². The Hall–Kier alpha value is -3.52. The first-order chi connectivity index (χ1) is 17.2. The number of benzene rings is 3. The molecule has 5 rings (SSSR count). The van der Waals surface area contributed by atoms with Gasteiger partial charge in [0.15, 0.2) is 6.23 Å². The normalized spacial score (nSPS) is 19.1. The highest BCUT2D eigenvalue weighted by Gasteiger charge is 2.33. The van der Waals surface area contributed by atoms with Crippen LogP contribution in [-0.4, -0.2) is 16.2 Å². The van der Waals surface area contributed by atoms with E-state index in [0.29, 0.717) is 23.5 Å². The van der Waals surface area contributed by atoms with Crippen LogP contribution in [0.4, 0.5) is 18.9 Å². The standard InChI is InChI=1S/C28H26F3NO4/c29-28(30,31)20-7-9-21(10-8-20)32-15-25-19(5-2-6-24(25)27(32)35)16-36-22-11-12-23-17(13-22)3-1-4-18(23)14-26(33)34/h2,5-13,18,27,35H,1,3-4,14-16H2,(H,33,34). The zero-order chi connectivity index (χ0) is 25.4. The summed E-state index contributed by atoms with van der Waals surface area (Å²) in [6.07, 6.45) is -2.56. The van der Waals surface area contributed by atoms with Crippen LogP contribution in [0.2, 0.25) is 0 Å². The molecule has 0 radical (unpaired) electrons. The molecule has 3 aromatic rings. The Morgan fingerprint density at radius 1 is 1.06 bits per heavy atom. The van der Waals surface area contributed by atoms with E-state index in [-0.39, 0.29) is 18.9 Å². The Bertz CT molecular complexity index is 1270. The predicted octanol–water partition coefficient (Wildman–Crippen LogP) is 6.19. The number of carboxylic acid groups (broad SMARTS) is 1. The third kappa shape index (κ3) is 4.78. The van der Waals surface area contributed by atoms with Crippen molar-refractivity contribution in [1.82, 2.24) is 0 Å². The number of hydrogen-bond donors (Lipinski definition) is 2. The van der Waals surface area contributed by atoms with Crippen LogP contribution in [-0.2, 0) is 30.5 Å². The van der Waals surface area contributed by atoms with Gasteiger partial charge in [-0.1, -0.05) is 24.3 Å². The van der Waals surface area contributed by atoms with Gasteiger partial charge in [0.25, 0.3) is 0 Å². The molecule has 0 aromatic heterocycles. The van der Waals surface area contributed by atoms with E-state index in [1.165, 1.54) is 12.1 Å². The minimum absolute atomic E-state index is 0.0235. The summed E-state index contributed by atoms with van der Waals surface area (Å²) in [5, 5.41) is 20.1. The van der Waals surface area contributed by atoms with Gasteiger partial charge in [-0.3, -0.25) is 4.79 Å². The molecule has 5 nitrogen and oxygen atoms in total. The average Bonchev–Trinajstić information content (AvgIpc) is 3.19. The summed E-state index contributed by atoms with van der Waals surface area (Å²) in [5.41, 5.74) is 4.46. The number of rotatable bonds is 6. The van der Waals surface area contributed by atoms with Crippen LogP contribution < -0.4 is 9.64 Å². The molecular weight excluding hydrogens is 471 g/mol. The van der Waals surface area contributed by atoms with Gasteiger partial charge in [0, 0.05) is 17.8 Å². The number of halogens is 3. The van der Waals surface area contributed by atoms with E-state index in [2.05, 4.69) is 0 Å². The summed E-state index contributed by atoms with van der Waals surface area (Å²) in [7, 11) is 0. The molecule has 0 saturated heterocycles.